The van der Waals surface area contributed by atoms with Crippen LogP contribution in [0.15, 0.2) is 36.4 Å². The summed E-state index contributed by atoms with van der Waals surface area (Å²) >= 11 is 7.17. The van der Waals surface area contributed by atoms with Crippen LogP contribution in [0.5, 0.6) is 0 Å². The number of rotatable bonds is 5. The minimum absolute atomic E-state index is 0.0610. The van der Waals surface area contributed by atoms with Gasteiger partial charge in [0.05, 0.1) is 26.9 Å². The van der Waals surface area contributed by atoms with Crippen molar-refractivity contribution in [1.29, 1.82) is 5.26 Å². The summed E-state index contributed by atoms with van der Waals surface area (Å²) < 4.78 is 0.620. The van der Waals surface area contributed by atoms with Gasteiger partial charge in [-0.3, -0.25) is 9.69 Å². The number of thiophene rings is 1. The van der Waals surface area contributed by atoms with Gasteiger partial charge < -0.3 is 0 Å². The second kappa shape index (κ2) is 6.86. The van der Waals surface area contributed by atoms with Crippen molar-refractivity contribution in [3.05, 3.63) is 56.7 Å². The fourth-order valence-corrected chi connectivity index (χ4v) is 3.08. The van der Waals surface area contributed by atoms with Crippen molar-refractivity contribution in [3.63, 3.8) is 0 Å². The van der Waals surface area contributed by atoms with E-state index < -0.39 is 0 Å². The van der Waals surface area contributed by atoms with Gasteiger partial charge in [-0.1, -0.05) is 23.7 Å². The highest BCUT2D eigenvalue weighted by molar-refractivity contribution is 7.18. The van der Waals surface area contributed by atoms with E-state index in [2.05, 4.69) is 6.07 Å². The first-order valence-corrected chi connectivity index (χ1v) is 7.69. The van der Waals surface area contributed by atoms with Crippen LogP contribution < -0.4 is 0 Å². The maximum Gasteiger partial charge on any atom is 0.189 e. The Morgan fingerprint density at radius 3 is 2.81 bits per heavy atom. The van der Waals surface area contributed by atoms with Crippen molar-refractivity contribution in [2.45, 2.75) is 19.5 Å². The van der Waals surface area contributed by atoms with E-state index in [0.717, 1.165) is 5.56 Å². The van der Waals surface area contributed by atoms with Gasteiger partial charge in [-0.2, -0.15) is 5.26 Å². The molecule has 0 bridgehead atoms. The van der Waals surface area contributed by atoms with Gasteiger partial charge in [0.25, 0.3) is 0 Å². The lowest BCUT2D eigenvalue weighted by atomic mass is 10.1. The third-order valence-electron chi connectivity index (χ3n) is 3.34. The summed E-state index contributed by atoms with van der Waals surface area (Å²) in [6.45, 7) is 2.49. The molecule has 5 heteroatoms. The van der Waals surface area contributed by atoms with Crippen LogP contribution in [-0.2, 0) is 6.54 Å². The van der Waals surface area contributed by atoms with Crippen LogP contribution in [0.3, 0.4) is 0 Å². The Morgan fingerprint density at radius 1 is 1.43 bits per heavy atom. The first-order chi connectivity index (χ1) is 10.0. The minimum Gasteiger partial charge on any atom is -0.292 e. The molecule has 0 aliphatic heterocycles. The van der Waals surface area contributed by atoms with E-state index in [1.54, 1.807) is 18.2 Å². The lowest BCUT2D eigenvalue weighted by molar-refractivity contribution is 0.0866. The Kier molecular flexibility index (Phi) is 5.13. The summed E-state index contributed by atoms with van der Waals surface area (Å²) in [4.78, 5) is 15.0. The monoisotopic (exact) mass is 318 g/mol. The van der Waals surface area contributed by atoms with E-state index in [0.29, 0.717) is 21.3 Å². The number of hydrogen-bond donors (Lipinski definition) is 0. The molecule has 0 amide bonds. The summed E-state index contributed by atoms with van der Waals surface area (Å²) in [5.74, 6) is 0.0610. The smallest absolute Gasteiger partial charge is 0.189 e. The second-order valence-electron chi connectivity index (χ2n) is 4.87. The van der Waals surface area contributed by atoms with Crippen LogP contribution in [0.4, 0.5) is 0 Å². The highest BCUT2D eigenvalue weighted by Crippen LogP contribution is 2.23. The molecule has 3 nitrogen and oxygen atoms in total. The maximum absolute atomic E-state index is 12.4. The van der Waals surface area contributed by atoms with E-state index in [4.69, 9.17) is 16.9 Å². The van der Waals surface area contributed by atoms with Gasteiger partial charge in [-0.05, 0) is 43.8 Å². The third kappa shape index (κ3) is 3.92. The number of ketones is 1. The number of benzene rings is 1. The van der Waals surface area contributed by atoms with E-state index in [1.807, 2.05) is 37.1 Å². The van der Waals surface area contributed by atoms with Crippen LogP contribution in [0.2, 0.25) is 4.34 Å². The molecule has 2 aromatic rings. The fraction of sp³-hybridized carbons (Fsp3) is 0.250. The molecule has 0 fully saturated rings. The predicted molar refractivity (Wildman–Crippen MR) is 85.7 cm³/mol. The van der Waals surface area contributed by atoms with Gasteiger partial charge in [0.15, 0.2) is 5.78 Å². The van der Waals surface area contributed by atoms with Crippen molar-refractivity contribution >= 4 is 28.7 Å². The van der Waals surface area contributed by atoms with Crippen LogP contribution in [0.1, 0.15) is 27.7 Å². The average Bonchev–Trinajstić information content (AvgIpc) is 2.92. The van der Waals surface area contributed by atoms with Gasteiger partial charge >= 0.3 is 0 Å². The zero-order chi connectivity index (χ0) is 15.4. The van der Waals surface area contributed by atoms with Crippen LogP contribution >= 0.6 is 22.9 Å². The highest BCUT2D eigenvalue weighted by atomic mass is 35.5. The van der Waals surface area contributed by atoms with Gasteiger partial charge in [0.1, 0.15) is 0 Å². The first-order valence-electron chi connectivity index (χ1n) is 6.50. The molecule has 1 aromatic carbocycles. The summed E-state index contributed by atoms with van der Waals surface area (Å²) in [5.41, 5.74) is 1.64. The molecule has 0 aliphatic rings. The Bertz CT molecular complexity index is 690. The largest absolute Gasteiger partial charge is 0.292 e. The van der Waals surface area contributed by atoms with Gasteiger partial charge in [0, 0.05) is 6.54 Å². The van der Waals surface area contributed by atoms with Crippen molar-refractivity contribution in [3.8, 4) is 6.07 Å². The van der Waals surface area contributed by atoms with Crippen molar-refractivity contribution in [2.75, 3.05) is 7.05 Å². The molecule has 1 unspecified atom stereocenters. The molecule has 0 radical (unpaired) electrons. The Labute approximate surface area is 133 Å². The van der Waals surface area contributed by atoms with Gasteiger partial charge in [-0.25, -0.2) is 0 Å². The fourth-order valence-electron chi connectivity index (χ4n) is 2.02. The zero-order valence-electron chi connectivity index (χ0n) is 11.8. The van der Waals surface area contributed by atoms with Crippen molar-refractivity contribution in [1.82, 2.24) is 4.90 Å². The molecule has 0 saturated heterocycles. The molecular weight excluding hydrogens is 304 g/mol. The number of likely N-dealkylation sites (N-methyl/N-ethyl adjacent to an activating group) is 1. The molecule has 1 atom stereocenters. The van der Waals surface area contributed by atoms with E-state index in [1.165, 1.54) is 11.3 Å². The zero-order valence-corrected chi connectivity index (χ0v) is 13.4. The predicted octanol–water partition coefficient (Wildman–Crippen LogP) is 3.98. The summed E-state index contributed by atoms with van der Waals surface area (Å²) in [6.07, 6.45) is 0. The lowest BCUT2D eigenvalue weighted by Crippen LogP contribution is -2.35. The molecule has 21 heavy (non-hydrogen) atoms. The number of Topliss-reactive ketones (excluding diaryl/α,β-unsaturated/α-hetero) is 1. The van der Waals surface area contributed by atoms with E-state index >= 15 is 0 Å². The third-order valence-corrected chi connectivity index (χ3v) is 4.59. The maximum atomic E-state index is 12.4. The first kappa shape index (κ1) is 15.7. The topological polar surface area (TPSA) is 44.1 Å². The van der Waals surface area contributed by atoms with Gasteiger partial charge in [-0.15, -0.1) is 11.3 Å². The normalized spacial score (nSPS) is 12.1. The van der Waals surface area contributed by atoms with Gasteiger partial charge in [0.2, 0.25) is 0 Å². The average molecular weight is 319 g/mol. The summed E-state index contributed by atoms with van der Waals surface area (Å²) in [5, 5.41) is 8.92. The summed E-state index contributed by atoms with van der Waals surface area (Å²) in [6, 6.07) is 12.8. The molecular formula is C16H15ClN2OS. The van der Waals surface area contributed by atoms with Crippen LogP contribution in [-0.4, -0.2) is 23.8 Å². The second-order valence-corrected chi connectivity index (χ2v) is 6.59. The molecule has 0 saturated carbocycles. The molecule has 1 heterocycles. The molecule has 1 aromatic heterocycles. The number of carbonyl (C=O) groups excluding carboxylic acids is 1. The molecule has 0 N–H and O–H groups in total. The van der Waals surface area contributed by atoms with Crippen molar-refractivity contribution < 1.29 is 4.79 Å². The SMILES string of the molecule is CC(C(=O)c1ccc(Cl)s1)N(C)Cc1cccc(C#N)c1. The molecule has 0 spiro atoms. The quantitative estimate of drug-likeness (QED) is 0.783. The Balaban J connectivity index is 2.07. The molecule has 2 rings (SSSR count). The standard InChI is InChI=1S/C16H15ClN2OS/c1-11(16(20)14-6-7-15(17)21-14)19(2)10-13-5-3-4-12(8-13)9-18/h3-8,11H,10H2,1-2H3. The highest BCUT2D eigenvalue weighted by Gasteiger charge is 2.21. The molecule has 108 valence electrons. The Morgan fingerprint density at radius 2 is 2.19 bits per heavy atom. The summed E-state index contributed by atoms with van der Waals surface area (Å²) in [7, 11) is 1.90. The number of nitrogens with zero attached hydrogens (tertiary/aromatic N) is 2. The number of hydrogen-bond acceptors (Lipinski definition) is 4. The number of carbonyl (C=O) groups is 1. The Hall–Kier alpha value is -1.67. The molecule has 0 aliphatic carbocycles. The van der Waals surface area contributed by atoms with Crippen molar-refractivity contribution in [2.24, 2.45) is 0 Å². The van der Waals surface area contributed by atoms with E-state index in [9.17, 15) is 4.79 Å². The minimum atomic E-state index is -0.245. The number of nitriles is 1. The lowest BCUT2D eigenvalue weighted by Gasteiger charge is -2.23. The van der Waals surface area contributed by atoms with E-state index in [-0.39, 0.29) is 11.8 Å². The van der Waals surface area contributed by atoms with Crippen LogP contribution in [0.25, 0.3) is 0 Å². The number of halogens is 1. The van der Waals surface area contributed by atoms with Crippen LogP contribution in [0, 0.1) is 11.3 Å².